The first-order valence-electron chi connectivity index (χ1n) is 27.6. The lowest BCUT2D eigenvalue weighted by Gasteiger charge is -2.51. The van der Waals surface area contributed by atoms with Crippen LogP contribution in [0.5, 0.6) is 0 Å². The lowest BCUT2D eigenvalue weighted by atomic mass is 9.94. The van der Waals surface area contributed by atoms with E-state index in [-0.39, 0.29) is 0 Å². The maximum absolute atomic E-state index is 12.7. The van der Waals surface area contributed by atoms with Gasteiger partial charge in [-0.2, -0.15) is 0 Å². The average Bonchev–Trinajstić information content (AvgIpc) is 1.06. The molecule has 7 aliphatic heterocycles. The number of nitrogens with one attached hydrogen (secondary N) is 3. The summed E-state index contributed by atoms with van der Waals surface area (Å²) in [6, 6.07) is -5.12. The molecule has 0 spiro atoms. The molecule has 0 aromatic heterocycles. The number of aliphatic hydroxyl groups excluding tert-OH is 20. The van der Waals surface area contributed by atoms with Gasteiger partial charge in [0, 0.05) is 20.8 Å². The molecule has 3 amide bonds. The van der Waals surface area contributed by atoms with Crippen molar-refractivity contribution >= 4 is 17.7 Å². The van der Waals surface area contributed by atoms with Crippen molar-refractivity contribution in [3.8, 4) is 0 Å². The molecule has 0 aromatic carbocycles. The fourth-order valence-corrected chi connectivity index (χ4v) is 11.0. The summed E-state index contributed by atoms with van der Waals surface area (Å²) in [7, 11) is 0. The lowest BCUT2D eigenvalue weighted by molar-refractivity contribution is -0.394. The SMILES string of the molecule is CC(=O)N[C@H]1[C@H](O[C@H]2[C@H](O)[C@@H](NC(C)=O)C(O)O[C@@H]2CO)O[C@H](CO)[C@@H](O[C@@H]2O[C@H](CO[C@H]3O[C@H](CO[C@H]4O[C@H](CO)[C@@H](O)[C@H](O)[C@@H]4O)[C@@H](O)[C@H](O)[C@@H]3O)[C@@H](O)[C@H](O[C@H]3O[C@H](CO)[C@@H](O)[C@H](O)[C@@H]3O[C@@H]3O[C@H](CO)[C@@H](O)[C@H](O)[C@H]3NC(C)=O)[C@@H]2O)[C@@H]1O. The van der Waals surface area contributed by atoms with Gasteiger partial charge in [0.1, 0.15) is 171 Å². The van der Waals surface area contributed by atoms with Gasteiger partial charge in [0.25, 0.3) is 0 Å². The molecule has 87 heavy (non-hydrogen) atoms. The van der Waals surface area contributed by atoms with Crippen LogP contribution in [0, 0.1) is 0 Å². The van der Waals surface area contributed by atoms with Crippen LogP contribution >= 0.6 is 0 Å². The van der Waals surface area contributed by atoms with E-state index >= 15 is 0 Å². The van der Waals surface area contributed by atoms with E-state index in [9.17, 15) is 117 Å². The molecule has 0 bridgehead atoms. The molecule has 7 heterocycles. The maximum Gasteiger partial charge on any atom is 0.217 e. The molecular formula is C48H81N3O36. The highest BCUT2D eigenvalue weighted by atomic mass is 16.8. The normalized spacial score (nSPS) is 48.9. The molecule has 39 nitrogen and oxygen atoms in total. The smallest absolute Gasteiger partial charge is 0.217 e. The largest absolute Gasteiger partial charge is 0.394 e. The number of aliphatic hydroxyl groups is 20. The van der Waals surface area contributed by atoms with Crippen LogP contribution in [-0.2, 0) is 76.0 Å². The zero-order valence-electron chi connectivity index (χ0n) is 46.6. The number of hydrogen-bond acceptors (Lipinski definition) is 36. The van der Waals surface area contributed by atoms with Crippen LogP contribution in [0.4, 0.5) is 0 Å². The lowest BCUT2D eigenvalue weighted by Crippen LogP contribution is -2.70. The molecule has 7 fully saturated rings. The second-order valence-electron chi connectivity index (χ2n) is 21.9. The van der Waals surface area contributed by atoms with Gasteiger partial charge in [-0.25, -0.2) is 0 Å². The van der Waals surface area contributed by atoms with E-state index in [1.807, 2.05) is 0 Å². The minimum Gasteiger partial charge on any atom is -0.394 e. The van der Waals surface area contributed by atoms with Gasteiger partial charge in [0.2, 0.25) is 17.7 Å². The van der Waals surface area contributed by atoms with Crippen molar-refractivity contribution in [3.05, 3.63) is 0 Å². The van der Waals surface area contributed by atoms with E-state index in [4.69, 9.17) is 61.6 Å². The second kappa shape index (κ2) is 31.1. The van der Waals surface area contributed by atoms with Gasteiger partial charge in [0.15, 0.2) is 44.0 Å². The second-order valence-corrected chi connectivity index (χ2v) is 21.9. The van der Waals surface area contributed by atoms with Crippen molar-refractivity contribution < 1.29 is 178 Å². The first-order chi connectivity index (χ1) is 41.1. The van der Waals surface area contributed by atoms with E-state index in [1.165, 1.54) is 0 Å². The van der Waals surface area contributed by atoms with Gasteiger partial charge in [-0.05, 0) is 0 Å². The van der Waals surface area contributed by atoms with Crippen LogP contribution in [0.2, 0.25) is 0 Å². The molecule has 7 saturated heterocycles. The molecule has 23 N–H and O–H groups in total. The van der Waals surface area contributed by atoms with Gasteiger partial charge in [-0.1, -0.05) is 0 Å². The van der Waals surface area contributed by atoms with E-state index in [0.29, 0.717) is 0 Å². The molecule has 1 unspecified atom stereocenters. The van der Waals surface area contributed by atoms with Gasteiger partial charge in [-0.3, -0.25) is 14.4 Å². The number of carbonyl (C=O) groups excluding carboxylic acids is 3. The Bertz CT molecular complexity index is 2190. The molecule has 39 heteroatoms. The standard InChI is InChI=1S/C48H81N3O36/c1-11(57)49-21-30(66)38(17(7-55)77-42(21)74)84-44-23(51-13(3)59)31(67)39(18(8-56)81-44)85-47-37(73)40(86-48-41(34(70)26(62)16(6-54)80-48)87-43-22(50-12(2)58)29(65)24(60)14(4-52)78-43)28(64)20(83-47)10-76-46-36(72)33(69)27(63)19(82-46)9-75-45-35(71)32(68)25(61)15(5-53)79-45/h14-48,52-56,60-74H,4-10H2,1-3H3,(H,49,57)(H,50,58)(H,51,59)/t14-,15-,16-,17-,18-,19-,20-,21-,22-,23-,24-,25-,26-,27-,28-,29-,30-,31-,32+,33+,34+,35+,36+,37+,38-,39-,40+,41+,42?,43+,44+,45+,46+,47+,48-/m1/s1. The van der Waals surface area contributed by atoms with E-state index in [1.54, 1.807) is 0 Å². The Morgan fingerprint density at radius 3 is 1.13 bits per heavy atom. The molecular weight excluding hydrogens is 1190 g/mol. The predicted octanol–water partition coefficient (Wildman–Crippen LogP) is -15.8. The summed E-state index contributed by atoms with van der Waals surface area (Å²) in [5.74, 6) is -2.45. The van der Waals surface area contributed by atoms with Crippen LogP contribution in [0.25, 0.3) is 0 Å². The minimum atomic E-state index is -2.42. The van der Waals surface area contributed by atoms with Crippen molar-refractivity contribution in [2.24, 2.45) is 0 Å². The van der Waals surface area contributed by atoms with Crippen molar-refractivity contribution in [1.29, 1.82) is 0 Å². The molecule has 7 aliphatic rings. The van der Waals surface area contributed by atoms with Gasteiger partial charge >= 0.3 is 0 Å². The Balaban J connectivity index is 1.19. The van der Waals surface area contributed by atoms with Crippen molar-refractivity contribution in [2.75, 3.05) is 46.2 Å². The molecule has 0 aliphatic carbocycles. The zero-order valence-corrected chi connectivity index (χ0v) is 46.6. The van der Waals surface area contributed by atoms with Gasteiger partial charge in [0.05, 0.1) is 46.2 Å². The van der Waals surface area contributed by atoms with Crippen molar-refractivity contribution in [2.45, 2.75) is 236 Å². The van der Waals surface area contributed by atoms with Crippen LogP contribution in [0.15, 0.2) is 0 Å². The van der Waals surface area contributed by atoms with Crippen LogP contribution in [-0.4, -0.2) is 381 Å². The topological polar surface area (TPSA) is 612 Å². The summed E-state index contributed by atoms with van der Waals surface area (Å²) >= 11 is 0. The fourth-order valence-electron chi connectivity index (χ4n) is 11.0. The third-order valence-electron chi connectivity index (χ3n) is 15.7. The Labute approximate surface area is 492 Å². The van der Waals surface area contributed by atoms with E-state index in [2.05, 4.69) is 16.0 Å². The third-order valence-corrected chi connectivity index (χ3v) is 15.7. The fraction of sp³-hybridized carbons (Fsp3) is 0.938. The molecule has 0 radical (unpaired) electrons. The third kappa shape index (κ3) is 15.9. The first-order valence-corrected chi connectivity index (χ1v) is 27.6. The summed E-state index contributed by atoms with van der Waals surface area (Å²) in [4.78, 5) is 37.0. The Morgan fingerprint density at radius 1 is 0.299 bits per heavy atom. The summed E-state index contributed by atoms with van der Waals surface area (Å²) in [5, 5.41) is 224. The highest BCUT2D eigenvalue weighted by Gasteiger charge is 2.58. The minimum absolute atomic E-state index is 0.745. The monoisotopic (exact) mass is 1280 g/mol. The summed E-state index contributed by atoms with van der Waals surface area (Å²) in [5.41, 5.74) is 0. The molecule has 0 aromatic rings. The summed E-state index contributed by atoms with van der Waals surface area (Å²) < 4.78 is 75.2. The number of ether oxygens (including phenoxy) is 13. The van der Waals surface area contributed by atoms with Crippen molar-refractivity contribution in [1.82, 2.24) is 16.0 Å². The van der Waals surface area contributed by atoms with E-state index in [0.717, 1.165) is 20.8 Å². The number of amides is 3. The maximum atomic E-state index is 12.7. The Morgan fingerprint density at radius 2 is 0.632 bits per heavy atom. The zero-order chi connectivity index (χ0) is 64.2. The predicted molar refractivity (Wildman–Crippen MR) is 267 cm³/mol. The van der Waals surface area contributed by atoms with E-state index < -0.39 is 279 Å². The van der Waals surface area contributed by atoms with Crippen molar-refractivity contribution in [3.63, 3.8) is 0 Å². The average molecular weight is 1280 g/mol. The summed E-state index contributed by atoms with van der Waals surface area (Å²) in [6.45, 7) is -3.77. The van der Waals surface area contributed by atoms with Crippen LogP contribution in [0.1, 0.15) is 20.8 Å². The molecule has 504 valence electrons. The van der Waals surface area contributed by atoms with Gasteiger partial charge in [-0.15, -0.1) is 0 Å². The van der Waals surface area contributed by atoms with Crippen LogP contribution < -0.4 is 16.0 Å². The quantitative estimate of drug-likeness (QED) is 0.0479. The Kier molecular flexibility index (Phi) is 25.6. The summed E-state index contributed by atoms with van der Waals surface area (Å²) in [6.07, 6.45) is -63.0. The number of rotatable bonds is 22. The highest BCUT2D eigenvalue weighted by molar-refractivity contribution is 5.74. The van der Waals surface area contributed by atoms with Gasteiger partial charge < -0.3 is 180 Å². The number of hydrogen-bond donors (Lipinski definition) is 23. The first kappa shape index (κ1) is 71.5. The Hall–Kier alpha value is -2.91. The molecule has 7 rings (SSSR count). The molecule has 0 saturated carbocycles. The van der Waals surface area contributed by atoms with Crippen LogP contribution in [0.3, 0.4) is 0 Å². The highest BCUT2D eigenvalue weighted by Crippen LogP contribution is 2.37. The molecule has 35 atom stereocenters. The number of carbonyl (C=O) groups is 3.